The zero-order chi connectivity index (χ0) is 12.2. The largest absolute Gasteiger partial charge is 1.00 e. The molecule has 0 radical (unpaired) electrons. The number of carbonyl (C=O) groups is 2. The minimum absolute atomic E-state index is 0. The van der Waals surface area contributed by atoms with Crippen LogP contribution in [0.1, 0.15) is 57.8 Å². The summed E-state index contributed by atoms with van der Waals surface area (Å²) in [5, 5.41) is 16.8. The molecule has 2 N–H and O–H groups in total. The van der Waals surface area contributed by atoms with E-state index in [9.17, 15) is 9.59 Å². The van der Waals surface area contributed by atoms with Crippen molar-refractivity contribution in [3.05, 3.63) is 6.42 Å². The van der Waals surface area contributed by atoms with Crippen molar-refractivity contribution in [2.45, 2.75) is 57.8 Å². The van der Waals surface area contributed by atoms with E-state index in [1.165, 1.54) is 0 Å². The van der Waals surface area contributed by atoms with Gasteiger partial charge in [0.15, 0.2) is 0 Å². The molecule has 94 valence electrons. The fourth-order valence-corrected chi connectivity index (χ4v) is 1.47. The molecule has 0 aromatic heterocycles. The third-order valence-corrected chi connectivity index (χ3v) is 2.36. The number of rotatable bonds is 11. The smallest absolute Gasteiger partial charge is 0.481 e. The Morgan fingerprint density at radius 3 is 1.88 bits per heavy atom. The molecule has 0 saturated heterocycles. The summed E-state index contributed by atoms with van der Waals surface area (Å²) in [4.78, 5) is 20.4. The Hall–Kier alpha value is 0.576. The first-order valence-electron chi connectivity index (χ1n) is 5.88. The fourth-order valence-electron chi connectivity index (χ4n) is 1.47. The molecule has 0 fully saturated rings. The van der Waals surface area contributed by atoms with Crippen molar-refractivity contribution in [2.75, 3.05) is 0 Å². The molecule has 4 nitrogen and oxygen atoms in total. The summed E-state index contributed by atoms with van der Waals surface area (Å²) in [5.41, 5.74) is 0. The third kappa shape index (κ3) is 19.1. The molecule has 0 bridgehead atoms. The van der Waals surface area contributed by atoms with Crippen LogP contribution in [-0.4, -0.2) is 22.2 Å². The zero-order valence-corrected chi connectivity index (χ0v) is 13.8. The van der Waals surface area contributed by atoms with Crippen molar-refractivity contribution in [2.24, 2.45) is 0 Å². The van der Waals surface area contributed by atoms with E-state index in [2.05, 4.69) is 0 Å². The Morgan fingerprint density at radius 1 is 0.765 bits per heavy atom. The van der Waals surface area contributed by atoms with Crippen LogP contribution in [0.5, 0.6) is 0 Å². The molecular weight excluding hydrogens is 247 g/mol. The summed E-state index contributed by atoms with van der Waals surface area (Å²) in [6.07, 6.45) is 9.10. The Labute approximate surface area is 146 Å². The van der Waals surface area contributed by atoms with E-state index in [0.717, 1.165) is 38.5 Å². The molecule has 5 heteroatoms. The van der Waals surface area contributed by atoms with E-state index in [-0.39, 0.29) is 64.2 Å². The summed E-state index contributed by atoms with van der Waals surface area (Å²) >= 11 is 0. The predicted molar refractivity (Wildman–Crippen MR) is 61.1 cm³/mol. The van der Waals surface area contributed by atoms with Gasteiger partial charge in [-0.1, -0.05) is 25.7 Å². The second kappa shape index (κ2) is 14.6. The van der Waals surface area contributed by atoms with Crippen LogP contribution in [0.3, 0.4) is 0 Å². The van der Waals surface area contributed by atoms with Gasteiger partial charge in [0.05, 0.1) is 0 Å². The number of hydrogen-bond acceptors (Lipinski definition) is 2. The van der Waals surface area contributed by atoms with Gasteiger partial charge in [0, 0.05) is 12.8 Å². The van der Waals surface area contributed by atoms with E-state index in [0.29, 0.717) is 6.42 Å². The van der Waals surface area contributed by atoms with Crippen LogP contribution in [0.25, 0.3) is 0 Å². The standard InChI is InChI=1S/C12H21O4.K/c13-11(14)9-7-5-3-1-2-4-6-8-10-12(15)16;/h5H,1-4,6-10H2,(H,13,14)(H,15,16);/q-1;+1. The number of hydrogen-bond donors (Lipinski definition) is 2. The predicted octanol–water partition coefficient (Wildman–Crippen LogP) is -0.125. The second-order valence-electron chi connectivity index (χ2n) is 3.92. The van der Waals surface area contributed by atoms with Crippen molar-refractivity contribution in [3.8, 4) is 0 Å². The Morgan fingerprint density at radius 2 is 1.29 bits per heavy atom. The molecule has 17 heavy (non-hydrogen) atoms. The minimum atomic E-state index is -0.745. The van der Waals surface area contributed by atoms with E-state index in [4.69, 9.17) is 10.2 Å². The SMILES string of the molecule is O=C(O)CC[CH-]CCCCCCCC(=O)O.[K+]. The summed E-state index contributed by atoms with van der Waals surface area (Å²) in [7, 11) is 0. The molecule has 0 rings (SSSR count). The molecule has 0 aliphatic rings. The molecular formula is C12H21KO4. The van der Waals surface area contributed by atoms with E-state index in [1.807, 2.05) is 6.42 Å². The van der Waals surface area contributed by atoms with Gasteiger partial charge in [0.2, 0.25) is 0 Å². The normalized spacial score (nSPS) is 9.65. The van der Waals surface area contributed by atoms with Gasteiger partial charge in [0.1, 0.15) is 0 Å². The van der Waals surface area contributed by atoms with Gasteiger partial charge in [0.25, 0.3) is 0 Å². The van der Waals surface area contributed by atoms with Crippen LogP contribution in [-0.2, 0) is 9.59 Å². The van der Waals surface area contributed by atoms with Crippen molar-refractivity contribution in [1.29, 1.82) is 0 Å². The second-order valence-corrected chi connectivity index (χ2v) is 3.92. The maximum atomic E-state index is 10.2. The Bertz CT molecular complexity index is 185. The molecule has 0 saturated carbocycles. The summed E-state index contributed by atoms with van der Waals surface area (Å²) in [6, 6.07) is 0. The average molecular weight is 268 g/mol. The summed E-state index contributed by atoms with van der Waals surface area (Å²) < 4.78 is 0. The Kier molecular flexibility index (Phi) is 17.1. The molecule has 0 aliphatic carbocycles. The third-order valence-electron chi connectivity index (χ3n) is 2.36. The minimum Gasteiger partial charge on any atom is -0.481 e. The van der Waals surface area contributed by atoms with Crippen molar-refractivity contribution >= 4 is 11.9 Å². The topological polar surface area (TPSA) is 74.6 Å². The first-order valence-corrected chi connectivity index (χ1v) is 5.88. The quantitative estimate of drug-likeness (QED) is 0.311. The van der Waals surface area contributed by atoms with Crippen molar-refractivity contribution in [3.63, 3.8) is 0 Å². The first kappa shape index (κ1) is 19.9. The molecule has 0 amide bonds. The van der Waals surface area contributed by atoms with Crippen LogP contribution in [0.15, 0.2) is 0 Å². The van der Waals surface area contributed by atoms with Gasteiger partial charge in [-0.05, 0) is 6.42 Å². The molecule has 0 unspecified atom stereocenters. The van der Waals surface area contributed by atoms with Crippen LogP contribution in [0.4, 0.5) is 0 Å². The van der Waals surface area contributed by atoms with E-state index < -0.39 is 11.9 Å². The van der Waals surface area contributed by atoms with Crippen molar-refractivity contribution < 1.29 is 71.2 Å². The van der Waals surface area contributed by atoms with Crippen LogP contribution >= 0.6 is 0 Å². The molecule has 0 spiro atoms. The molecule has 0 atom stereocenters. The number of carboxylic acid groups (broad SMARTS) is 2. The van der Waals surface area contributed by atoms with Gasteiger partial charge in [-0.25, -0.2) is 0 Å². The monoisotopic (exact) mass is 268 g/mol. The van der Waals surface area contributed by atoms with Crippen LogP contribution in [0, 0.1) is 6.42 Å². The number of aliphatic carboxylic acids is 2. The number of carboxylic acids is 2. The fraction of sp³-hybridized carbons (Fsp3) is 0.750. The maximum absolute atomic E-state index is 10.2. The zero-order valence-electron chi connectivity index (χ0n) is 10.7. The molecule has 0 aromatic rings. The van der Waals surface area contributed by atoms with Gasteiger partial charge < -0.3 is 16.6 Å². The number of unbranched alkanes of at least 4 members (excludes halogenated alkanes) is 7. The van der Waals surface area contributed by atoms with Crippen molar-refractivity contribution in [1.82, 2.24) is 0 Å². The summed E-state index contributed by atoms with van der Waals surface area (Å²) in [6.45, 7) is 0. The van der Waals surface area contributed by atoms with Gasteiger partial charge in [-0.2, -0.15) is 12.8 Å². The van der Waals surface area contributed by atoms with Gasteiger partial charge >= 0.3 is 63.3 Å². The molecule has 0 aromatic carbocycles. The van der Waals surface area contributed by atoms with Crippen LogP contribution in [0.2, 0.25) is 0 Å². The maximum Gasteiger partial charge on any atom is 1.00 e. The van der Waals surface area contributed by atoms with Gasteiger partial charge in [-0.15, -0.1) is 0 Å². The first-order chi connectivity index (χ1) is 7.63. The summed E-state index contributed by atoms with van der Waals surface area (Å²) in [5.74, 6) is -1.47. The van der Waals surface area contributed by atoms with E-state index >= 15 is 0 Å². The van der Waals surface area contributed by atoms with Crippen LogP contribution < -0.4 is 51.4 Å². The van der Waals surface area contributed by atoms with E-state index in [1.54, 1.807) is 0 Å². The Balaban J connectivity index is 0. The molecule has 0 heterocycles. The molecule has 0 aliphatic heterocycles. The van der Waals surface area contributed by atoms with Gasteiger partial charge in [-0.3, -0.25) is 9.59 Å². The average Bonchev–Trinajstić information content (AvgIpc) is 2.20.